The molecule has 0 saturated carbocycles. The third-order valence-electron chi connectivity index (χ3n) is 4.12. The minimum Gasteiger partial charge on any atom is -0.272 e. The second-order valence-corrected chi connectivity index (χ2v) is 6.52. The molecule has 0 unspecified atom stereocenters. The Hall–Kier alpha value is -3.86. The van der Waals surface area contributed by atoms with Gasteiger partial charge in [0.25, 0.3) is 5.69 Å². The number of nitrogens with zero attached hydrogens (tertiary/aromatic N) is 5. The van der Waals surface area contributed by atoms with Crippen molar-refractivity contribution in [3.8, 4) is 0 Å². The summed E-state index contributed by atoms with van der Waals surface area (Å²) in [6.45, 7) is 2.03. The van der Waals surface area contributed by atoms with Crippen LogP contribution < -0.4 is 5.43 Å². The van der Waals surface area contributed by atoms with Crippen LogP contribution in [0.25, 0.3) is 0 Å². The summed E-state index contributed by atoms with van der Waals surface area (Å²) in [6.07, 6.45) is 1.34. The molecule has 1 N–H and O–H groups in total. The predicted molar refractivity (Wildman–Crippen MR) is 108 cm³/mol. The Bertz CT molecular complexity index is 1150. The summed E-state index contributed by atoms with van der Waals surface area (Å²) in [5, 5.41) is 30.5. The van der Waals surface area contributed by atoms with Gasteiger partial charge in [0.2, 0.25) is 0 Å². The maximum absolute atomic E-state index is 13.0. The Morgan fingerprint density at radius 1 is 1.20 bits per heavy atom. The van der Waals surface area contributed by atoms with Crippen LogP contribution in [0.1, 0.15) is 16.8 Å². The lowest BCUT2D eigenvalue weighted by atomic mass is 10.2. The molecule has 12 heteroatoms. The molecule has 0 bridgehead atoms. The van der Waals surface area contributed by atoms with E-state index in [0.29, 0.717) is 17.8 Å². The number of nitro groups is 2. The maximum atomic E-state index is 13.0. The summed E-state index contributed by atoms with van der Waals surface area (Å²) in [4.78, 5) is 20.5. The first-order valence-electron chi connectivity index (χ1n) is 8.45. The number of nitrogens with one attached hydrogen (secondary N) is 1. The molecule has 1 aromatic heterocycles. The Labute approximate surface area is 173 Å². The molecule has 0 saturated heterocycles. The average Bonchev–Trinajstić information content (AvgIpc) is 2.97. The summed E-state index contributed by atoms with van der Waals surface area (Å²) in [6, 6.07) is 9.07. The molecule has 2 aromatic carbocycles. The number of hydrogen-bond acceptors (Lipinski definition) is 7. The molecular formula is C18H14ClFN6O4. The lowest BCUT2D eigenvalue weighted by Gasteiger charge is -2.04. The summed E-state index contributed by atoms with van der Waals surface area (Å²) < 4.78 is 14.6. The highest BCUT2D eigenvalue weighted by atomic mass is 35.5. The quantitative estimate of drug-likeness (QED) is 0.337. The molecule has 154 valence electrons. The Kier molecular flexibility index (Phi) is 6.02. The topological polar surface area (TPSA) is 128 Å². The van der Waals surface area contributed by atoms with Crippen LogP contribution >= 0.6 is 11.6 Å². The van der Waals surface area contributed by atoms with E-state index in [1.54, 1.807) is 19.1 Å². The largest absolute Gasteiger partial charge is 0.301 e. The fourth-order valence-corrected chi connectivity index (χ4v) is 2.91. The van der Waals surface area contributed by atoms with Crippen molar-refractivity contribution >= 4 is 34.9 Å². The first-order valence-corrected chi connectivity index (χ1v) is 8.83. The number of aromatic nitrogens is 2. The van der Waals surface area contributed by atoms with Crippen molar-refractivity contribution in [3.05, 3.63) is 90.5 Å². The third kappa shape index (κ3) is 4.58. The van der Waals surface area contributed by atoms with Gasteiger partial charge in [-0.2, -0.15) is 10.2 Å². The molecule has 0 atom stereocenters. The molecule has 1 heterocycles. The minimum atomic E-state index is -0.746. The number of aryl methyl sites for hydroxylation is 1. The van der Waals surface area contributed by atoms with E-state index in [2.05, 4.69) is 15.6 Å². The van der Waals surface area contributed by atoms with Crippen LogP contribution in [0, 0.1) is 33.0 Å². The standard InChI is InChI=1S/C18H14ClFN6O4/c1-11-15(18(19)24(23-11)10-12-2-4-13(20)5-3-12)9-21-22-16-7-6-14(25(27)28)8-17(16)26(29)30/h2-9,22H,10H2,1H3. The fraction of sp³-hybridized carbons (Fsp3) is 0.111. The number of anilines is 1. The van der Waals surface area contributed by atoms with Gasteiger partial charge in [-0.25, -0.2) is 9.07 Å². The van der Waals surface area contributed by atoms with Crippen LogP contribution in [0.4, 0.5) is 21.5 Å². The second-order valence-electron chi connectivity index (χ2n) is 6.16. The van der Waals surface area contributed by atoms with Crippen molar-refractivity contribution in [2.45, 2.75) is 13.5 Å². The van der Waals surface area contributed by atoms with Gasteiger partial charge < -0.3 is 0 Å². The van der Waals surface area contributed by atoms with Crippen molar-refractivity contribution in [1.82, 2.24) is 9.78 Å². The molecule has 0 amide bonds. The second kappa shape index (κ2) is 8.66. The SMILES string of the molecule is Cc1nn(Cc2ccc(F)cc2)c(Cl)c1C=NNc1ccc([N+](=O)[O-])cc1[N+](=O)[O-]. The zero-order valence-corrected chi connectivity index (χ0v) is 16.2. The highest BCUT2D eigenvalue weighted by Gasteiger charge is 2.19. The molecule has 10 nitrogen and oxygen atoms in total. The number of nitro benzene ring substituents is 2. The lowest BCUT2D eigenvalue weighted by Crippen LogP contribution is -2.02. The Morgan fingerprint density at radius 3 is 2.53 bits per heavy atom. The van der Waals surface area contributed by atoms with Gasteiger partial charge >= 0.3 is 5.69 Å². The minimum absolute atomic E-state index is 0.0191. The number of hydrazone groups is 1. The van der Waals surface area contributed by atoms with Gasteiger partial charge in [0.15, 0.2) is 0 Å². The first-order chi connectivity index (χ1) is 14.3. The molecule has 30 heavy (non-hydrogen) atoms. The van der Waals surface area contributed by atoms with Crippen molar-refractivity contribution in [1.29, 1.82) is 0 Å². The van der Waals surface area contributed by atoms with E-state index in [1.165, 1.54) is 29.1 Å². The van der Waals surface area contributed by atoms with Crippen molar-refractivity contribution in [3.63, 3.8) is 0 Å². The van der Waals surface area contributed by atoms with Crippen molar-refractivity contribution in [2.24, 2.45) is 5.10 Å². The van der Waals surface area contributed by atoms with Crippen LogP contribution in [0.15, 0.2) is 47.6 Å². The zero-order valence-electron chi connectivity index (χ0n) is 15.5. The molecule has 0 aliphatic carbocycles. The van der Waals surface area contributed by atoms with Crippen LogP contribution in [-0.2, 0) is 6.54 Å². The van der Waals surface area contributed by atoms with Gasteiger partial charge in [0, 0.05) is 6.07 Å². The van der Waals surface area contributed by atoms with E-state index in [9.17, 15) is 24.6 Å². The summed E-state index contributed by atoms with van der Waals surface area (Å²) in [5.74, 6) is -0.347. The van der Waals surface area contributed by atoms with E-state index >= 15 is 0 Å². The summed E-state index contributed by atoms with van der Waals surface area (Å²) in [5.41, 5.74) is 3.42. The van der Waals surface area contributed by atoms with E-state index in [-0.39, 0.29) is 16.7 Å². The molecular weight excluding hydrogens is 419 g/mol. The van der Waals surface area contributed by atoms with E-state index in [4.69, 9.17) is 11.6 Å². The monoisotopic (exact) mass is 432 g/mol. The van der Waals surface area contributed by atoms with Gasteiger partial charge in [-0.05, 0) is 30.7 Å². The highest BCUT2D eigenvalue weighted by Crippen LogP contribution is 2.29. The van der Waals surface area contributed by atoms with Gasteiger partial charge in [0.05, 0.1) is 39.9 Å². The van der Waals surface area contributed by atoms with Gasteiger partial charge in [-0.3, -0.25) is 25.7 Å². The molecule has 0 spiro atoms. The number of rotatable bonds is 7. The van der Waals surface area contributed by atoms with E-state index in [1.807, 2.05) is 0 Å². The van der Waals surface area contributed by atoms with Crippen LogP contribution in [0.5, 0.6) is 0 Å². The van der Waals surface area contributed by atoms with Crippen LogP contribution in [0.3, 0.4) is 0 Å². The zero-order chi connectivity index (χ0) is 21.8. The molecule has 0 aliphatic heterocycles. The van der Waals surface area contributed by atoms with Gasteiger partial charge in [-0.1, -0.05) is 23.7 Å². The van der Waals surface area contributed by atoms with Gasteiger partial charge in [0.1, 0.15) is 16.7 Å². The Balaban J connectivity index is 1.80. The maximum Gasteiger partial charge on any atom is 0.301 e. The van der Waals surface area contributed by atoms with Crippen molar-refractivity contribution < 1.29 is 14.2 Å². The van der Waals surface area contributed by atoms with E-state index < -0.39 is 21.2 Å². The predicted octanol–water partition coefficient (Wildman–Crippen LogP) is 4.29. The van der Waals surface area contributed by atoms with Crippen LogP contribution in [-0.4, -0.2) is 25.8 Å². The molecule has 0 aliphatic rings. The smallest absolute Gasteiger partial charge is 0.272 e. The first kappa shape index (κ1) is 20.9. The fourth-order valence-electron chi connectivity index (χ4n) is 2.63. The molecule has 0 fully saturated rings. The number of non-ortho nitro benzene ring substituents is 1. The summed E-state index contributed by atoms with van der Waals surface area (Å²) >= 11 is 6.35. The number of hydrogen-bond donors (Lipinski definition) is 1. The average molecular weight is 433 g/mol. The molecule has 3 rings (SSSR count). The normalized spacial score (nSPS) is 11.0. The molecule has 3 aromatic rings. The van der Waals surface area contributed by atoms with Crippen LogP contribution in [0.2, 0.25) is 5.15 Å². The lowest BCUT2D eigenvalue weighted by molar-refractivity contribution is -0.393. The summed E-state index contributed by atoms with van der Waals surface area (Å²) in [7, 11) is 0. The van der Waals surface area contributed by atoms with Crippen molar-refractivity contribution in [2.75, 3.05) is 5.43 Å². The number of benzene rings is 2. The van der Waals surface area contributed by atoms with E-state index in [0.717, 1.165) is 17.7 Å². The third-order valence-corrected chi connectivity index (χ3v) is 4.52. The molecule has 0 radical (unpaired) electrons. The van der Waals surface area contributed by atoms with Gasteiger partial charge in [-0.15, -0.1) is 0 Å². The highest BCUT2D eigenvalue weighted by molar-refractivity contribution is 6.32. The number of halogens is 2. The Morgan fingerprint density at radius 2 is 1.90 bits per heavy atom.